The van der Waals surface area contributed by atoms with E-state index in [9.17, 15) is 20.0 Å². The van der Waals surface area contributed by atoms with Gasteiger partial charge < -0.3 is 14.9 Å². The van der Waals surface area contributed by atoms with Crippen LogP contribution in [0.25, 0.3) is 0 Å². The van der Waals surface area contributed by atoms with Gasteiger partial charge in [0.1, 0.15) is 5.75 Å². The van der Waals surface area contributed by atoms with E-state index in [4.69, 9.17) is 9.84 Å². The van der Waals surface area contributed by atoms with Gasteiger partial charge in [0, 0.05) is 0 Å². The number of carboxylic acid groups (broad SMARTS) is 1. The lowest BCUT2D eigenvalue weighted by Gasteiger charge is -2.26. The zero-order chi connectivity index (χ0) is 14.5. The Labute approximate surface area is 109 Å². The molecule has 2 atom stereocenters. The number of carbonyl (C=O) groups is 1. The van der Waals surface area contributed by atoms with Gasteiger partial charge in [-0.2, -0.15) is 0 Å². The van der Waals surface area contributed by atoms with Gasteiger partial charge in [-0.15, -0.1) is 0 Å². The number of nitro groups is 1. The minimum absolute atomic E-state index is 0.0109. The second-order valence-electron chi connectivity index (χ2n) is 3.98. The number of ether oxygens (including phenoxy) is 1. The molecule has 0 radical (unpaired) electrons. The highest BCUT2D eigenvalue weighted by Crippen LogP contribution is 2.25. The fourth-order valence-electron chi connectivity index (χ4n) is 1.63. The molecule has 0 saturated heterocycles. The molecule has 1 rings (SSSR count). The number of nitrogens with zero attached hydrogens (tertiary/aromatic N) is 1. The largest absolute Gasteiger partial charge is 0.486 e. The molecule has 0 saturated carbocycles. The summed E-state index contributed by atoms with van der Waals surface area (Å²) in [6, 6.07) is 7.53. The van der Waals surface area contributed by atoms with Crippen molar-refractivity contribution in [3.63, 3.8) is 0 Å². The molecule has 1 aromatic rings. The van der Waals surface area contributed by atoms with E-state index in [2.05, 4.69) is 0 Å². The zero-order valence-corrected chi connectivity index (χ0v) is 10.4. The van der Waals surface area contributed by atoms with E-state index in [1.54, 1.807) is 25.1 Å². The highest BCUT2D eigenvalue weighted by molar-refractivity contribution is 5.76. The second kappa shape index (κ2) is 6.14. The van der Waals surface area contributed by atoms with Crippen LogP contribution in [0.2, 0.25) is 0 Å². The first-order valence-corrected chi connectivity index (χ1v) is 5.75. The molecule has 104 valence electrons. The molecule has 0 spiro atoms. The number of aliphatic hydroxyl groups is 1. The first-order valence-electron chi connectivity index (χ1n) is 5.75. The number of aliphatic carboxylic acids is 1. The van der Waals surface area contributed by atoms with E-state index in [1.165, 1.54) is 12.1 Å². The first-order chi connectivity index (χ1) is 8.95. The number of para-hydroxylation sites is 1. The van der Waals surface area contributed by atoms with Gasteiger partial charge in [0.05, 0.1) is 4.92 Å². The third kappa shape index (κ3) is 3.00. The Bertz CT molecular complexity index is 433. The number of benzene rings is 1. The van der Waals surface area contributed by atoms with Gasteiger partial charge in [-0.3, -0.25) is 10.1 Å². The predicted molar refractivity (Wildman–Crippen MR) is 65.3 cm³/mol. The van der Waals surface area contributed by atoms with Crippen LogP contribution in [0.3, 0.4) is 0 Å². The van der Waals surface area contributed by atoms with Gasteiger partial charge in [0.15, 0.2) is 6.10 Å². The summed E-state index contributed by atoms with van der Waals surface area (Å²) >= 11 is 0. The van der Waals surface area contributed by atoms with Crippen LogP contribution in [0.5, 0.6) is 5.75 Å². The maximum Gasteiger partial charge on any atom is 0.486 e. The van der Waals surface area contributed by atoms with E-state index in [0.717, 1.165) is 0 Å². The smallest absolute Gasteiger partial charge is 0.473 e. The molecule has 2 N–H and O–H groups in total. The van der Waals surface area contributed by atoms with E-state index in [0.29, 0.717) is 6.42 Å². The van der Waals surface area contributed by atoms with Gasteiger partial charge in [0.2, 0.25) is 0 Å². The lowest BCUT2D eigenvalue weighted by molar-refractivity contribution is -0.612. The molecule has 0 aliphatic rings. The average molecular weight is 269 g/mol. The summed E-state index contributed by atoms with van der Waals surface area (Å²) in [6.45, 7) is 1.68. The number of hydrogen-bond acceptors (Lipinski definition) is 5. The SMILES string of the molecule is CCCC(O)C(Oc1ccccc1)(C(=O)O)[N+](=O)[O-]. The van der Waals surface area contributed by atoms with E-state index in [1.807, 2.05) is 0 Å². The van der Waals surface area contributed by atoms with Crippen molar-refractivity contribution in [1.82, 2.24) is 0 Å². The molecular weight excluding hydrogens is 254 g/mol. The van der Waals surface area contributed by atoms with Crippen LogP contribution in [0.4, 0.5) is 0 Å². The summed E-state index contributed by atoms with van der Waals surface area (Å²) in [5.74, 6) is -1.82. The molecule has 0 fully saturated rings. The fraction of sp³-hybridized carbons (Fsp3) is 0.417. The van der Waals surface area contributed by atoms with Gasteiger partial charge in [0.25, 0.3) is 0 Å². The lowest BCUT2D eigenvalue weighted by atomic mass is 10.0. The van der Waals surface area contributed by atoms with Crippen molar-refractivity contribution in [2.75, 3.05) is 0 Å². The van der Waals surface area contributed by atoms with Gasteiger partial charge in [-0.25, -0.2) is 4.79 Å². The molecule has 0 bridgehead atoms. The highest BCUT2D eigenvalue weighted by atomic mass is 16.7. The molecule has 19 heavy (non-hydrogen) atoms. The maximum absolute atomic E-state index is 11.3. The third-order valence-corrected chi connectivity index (χ3v) is 2.61. The van der Waals surface area contributed by atoms with E-state index < -0.39 is 22.7 Å². The number of aliphatic hydroxyl groups excluding tert-OH is 1. The Kier molecular flexibility index (Phi) is 4.82. The molecule has 0 amide bonds. The Morgan fingerprint density at radius 2 is 2.05 bits per heavy atom. The standard InChI is InChI=1S/C12H15NO6/c1-2-6-10(14)12(11(15)16,13(17)18)19-9-7-4-3-5-8-9/h3-5,7-8,10,14H,2,6H2,1H3,(H,15,16). The summed E-state index contributed by atoms with van der Waals surface area (Å²) < 4.78 is 4.99. The first kappa shape index (κ1) is 14.9. The summed E-state index contributed by atoms with van der Waals surface area (Å²) in [5.41, 5.74) is -2.89. The zero-order valence-electron chi connectivity index (χ0n) is 10.4. The van der Waals surface area contributed by atoms with Crippen LogP contribution in [0, 0.1) is 10.1 Å². The van der Waals surface area contributed by atoms with Gasteiger partial charge in [-0.1, -0.05) is 31.5 Å². The molecule has 7 nitrogen and oxygen atoms in total. The molecule has 0 aliphatic heterocycles. The number of rotatable bonds is 7. The minimum Gasteiger partial charge on any atom is -0.473 e. The van der Waals surface area contributed by atoms with Crippen LogP contribution in [-0.2, 0) is 4.79 Å². The van der Waals surface area contributed by atoms with Gasteiger partial charge in [-0.05, 0) is 18.6 Å². The van der Waals surface area contributed by atoms with Crippen LogP contribution in [0.15, 0.2) is 30.3 Å². The van der Waals surface area contributed by atoms with E-state index in [-0.39, 0.29) is 12.2 Å². The van der Waals surface area contributed by atoms with Crippen molar-refractivity contribution in [3.05, 3.63) is 40.4 Å². The summed E-state index contributed by atoms with van der Waals surface area (Å²) in [6.07, 6.45) is -1.41. The Hall–Kier alpha value is -2.15. The normalized spacial score (nSPS) is 15.3. The monoisotopic (exact) mass is 269 g/mol. The molecule has 2 unspecified atom stereocenters. The third-order valence-electron chi connectivity index (χ3n) is 2.61. The van der Waals surface area contributed by atoms with Crippen molar-refractivity contribution in [2.45, 2.75) is 31.6 Å². The Balaban J connectivity index is 3.17. The molecule has 0 aromatic heterocycles. The summed E-state index contributed by atoms with van der Waals surface area (Å²) in [7, 11) is 0. The molecular formula is C12H15NO6. The maximum atomic E-state index is 11.3. The van der Waals surface area contributed by atoms with Crippen LogP contribution in [0.1, 0.15) is 19.8 Å². The van der Waals surface area contributed by atoms with Crippen LogP contribution >= 0.6 is 0 Å². The van der Waals surface area contributed by atoms with Crippen LogP contribution < -0.4 is 4.74 Å². The quantitative estimate of drug-likeness (QED) is 0.438. The topological polar surface area (TPSA) is 110 Å². The van der Waals surface area contributed by atoms with Gasteiger partial charge >= 0.3 is 11.7 Å². The number of hydrogen-bond donors (Lipinski definition) is 2. The summed E-state index contributed by atoms with van der Waals surface area (Å²) in [4.78, 5) is 21.3. The van der Waals surface area contributed by atoms with Crippen molar-refractivity contribution in [3.8, 4) is 5.75 Å². The molecule has 7 heteroatoms. The van der Waals surface area contributed by atoms with Crippen molar-refractivity contribution in [2.24, 2.45) is 0 Å². The van der Waals surface area contributed by atoms with Crippen LogP contribution in [-0.4, -0.2) is 32.9 Å². The predicted octanol–water partition coefficient (Wildman–Crippen LogP) is 1.28. The Morgan fingerprint density at radius 3 is 2.47 bits per heavy atom. The molecule has 0 heterocycles. The van der Waals surface area contributed by atoms with Crippen molar-refractivity contribution in [1.29, 1.82) is 0 Å². The van der Waals surface area contributed by atoms with Crippen molar-refractivity contribution >= 4 is 5.97 Å². The molecule has 0 aliphatic carbocycles. The van der Waals surface area contributed by atoms with E-state index >= 15 is 0 Å². The second-order valence-corrected chi connectivity index (χ2v) is 3.98. The minimum atomic E-state index is -2.89. The summed E-state index contributed by atoms with van der Waals surface area (Å²) in [5, 5.41) is 30.1. The average Bonchev–Trinajstić information content (AvgIpc) is 2.36. The molecule has 1 aromatic carbocycles. The Morgan fingerprint density at radius 1 is 1.47 bits per heavy atom. The lowest BCUT2D eigenvalue weighted by Crippen LogP contribution is -2.60. The highest BCUT2D eigenvalue weighted by Gasteiger charge is 2.61. The number of carboxylic acids is 1. The van der Waals surface area contributed by atoms with Crippen molar-refractivity contribution < 1.29 is 24.7 Å². The fourth-order valence-corrected chi connectivity index (χ4v) is 1.63.